The number of carbonyl (C=O) groups excluding carboxylic acids is 1. The maximum Gasteiger partial charge on any atom is 0.238 e. The van der Waals surface area contributed by atoms with Crippen LogP contribution >= 0.6 is 11.6 Å². The SMILES string of the molecule is CN(C)NC(=O)Cc1cc(Cl)ccc1F. The predicted octanol–water partition coefficient (Wildman–Crippen LogP) is 1.61. The molecule has 0 fully saturated rings. The van der Waals surface area contributed by atoms with Gasteiger partial charge in [0.1, 0.15) is 5.82 Å². The molecule has 0 aliphatic carbocycles. The summed E-state index contributed by atoms with van der Waals surface area (Å²) < 4.78 is 13.2. The van der Waals surface area contributed by atoms with Crippen LogP contribution in [0.25, 0.3) is 0 Å². The molecule has 0 saturated heterocycles. The number of hydrogen-bond acceptors (Lipinski definition) is 2. The summed E-state index contributed by atoms with van der Waals surface area (Å²) in [5, 5.41) is 1.93. The third-order valence-electron chi connectivity index (χ3n) is 1.71. The Labute approximate surface area is 92.8 Å². The fourth-order valence-electron chi connectivity index (χ4n) is 1.14. The Morgan fingerprint density at radius 1 is 1.53 bits per heavy atom. The fraction of sp³-hybridized carbons (Fsp3) is 0.300. The van der Waals surface area contributed by atoms with E-state index >= 15 is 0 Å². The van der Waals surface area contributed by atoms with Crippen molar-refractivity contribution in [1.82, 2.24) is 10.4 Å². The second-order valence-electron chi connectivity index (χ2n) is 3.34. The zero-order valence-corrected chi connectivity index (χ0v) is 9.31. The zero-order valence-electron chi connectivity index (χ0n) is 8.55. The summed E-state index contributed by atoms with van der Waals surface area (Å²) in [5.74, 6) is -0.700. The van der Waals surface area contributed by atoms with Crippen molar-refractivity contribution < 1.29 is 9.18 Å². The van der Waals surface area contributed by atoms with E-state index in [9.17, 15) is 9.18 Å². The minimum Gasteiger partial charge on any atom is -0.289 e. The van der Waals surface area contributed by atoms with Gasteiger partial charge in [-0.15, -0.1) is 0 Å². The molecule has 1 amide bonds. The van der Waals surface area contributed by atoms with Crippen LogP contribution in [0.15, 0.2) is 18.2 Å². The zero-order chi connectivity index (χ0) is 11.4. The van der Waals surface area contributed by atoms with Crippen LogP contribution in [-0.4, -0.2) is 25.0 Å². The van der Waals surface area contributed by atoms with Gasteiger partial charge in [-0.25, -0.2) is 9.40 Å². The van der Waals surface area contributed by atoms with Gasteiger partial charge in [0.25, 0.3) is 0 Å². The van der Waals surface area contributed by atoms with Crippen molar-refractivity contribution in [3.63, 3.8) is 0 Å². The van der Waals surface area contributed by atoms with E-state index in [1.807, 2.05) is 0 Å². The highest BCUT2D eigenvalue weighted by Gasteiger charge is 2.08. The molecule has 1 N–H and O–H groups in total. The van der Waals surface area contributed by atoms with Gasteiger partial charge < -0.3 is 0 Å². The molecule has 0 aromatic heterocycles. The monoisotopic (exact) mass is 230 g/mol. The van der Waals surface area contributed by atoms with Gasteiger partial charge in [-0.2, -0.15) is 0 Å². The van der Waals surface area contributed by atoms with Crippen molar-refractivity contribution >= 4 is 17.5 Å². The van der Waals surface area contributed by atoms with Crippen molar-refractivity contribution in [3.05, 3.63) is 34.6 Å². The Hall–Kier alpha value is -1.13. The van der Waals surface area contributed by atoms with Gasteiger partial charge in [0, 0.05) is 19.1 Å². The summed E-state index contributed by atoms with van der Waals surface area (Å²) in [4.78, 5) is 11.3. The first kappa shape index (κ1) is 11.9. The van der Waals surface area contributed by atoms with Crippen LogP contribution in [0.3, 0.4) is 0 Å². The van der Waals surface area contributed by atoms with E-state index in [0.29, 0.717) is 10.6 Å². The topological polar surface area (TPSA) is 32.3 Å². The van der Waals surface area contributed by atoms with Crippen LogP contribution < -0.4 is 5.43 Å². The summed E-state index contributed by atoms with van der Waals surface area (Å²) >= 11 is 5.70. The summed E-state index contributed by atoms with van der Waals surface area (Å²) in [6.45, 7) is 0. The number of nitrogens with zero attached hydrogens (tertiary/aromatic N) is 1. The molecular weight excluding hydrogens is 219 g/mol. The molecule has 0 heterocycles. The molecule has 0 bridgehead atoms. The molecule has 0 radical (unpaired) electrons. The minimum atomic E-state index is -0.423. The second kappa shape index (κ2) is 5.09. The number of hydrogen-bond donors (Lipinski definition) is 1. The predicted molar refractivity (Wildman–Crippen MR) is 56.9 cm³/mol. The lowest BCUT2D eigenvalue weighted by atomic mass is 10.1. The molecule has 1 aromatic rings. The van der Waals surface area contributed by atoms with E-state index in [2.05, 4.69) is 5.43 Å². The van der Waals surface area contributed by atoms with Crippen LogP contribution in [0.2, 0.25) is 5.02 Å². The fourth-order valence-corrected chi connectivity index (χ4v) is 1.34. The third kappa shape index (κ3) is 3.85. The first-order valence-electron chi connectivity index (χ1n) is 4.40. The lowest BCUT2D eigenvalue weighted by Crippen LogP contribution is -2.37. The van der Waals surface area contributed by atoms with Crippen LogP contribution in [0.5, 0.6) is 0 Å². The maximum atomic E-state index is 13.2. The van der Waals surface area contributed by atoms with Crippen LogP contribution in [0.1, 0.15) is 5.56 Å². The van der Waals surface area contributed by atoms with Crippen LogP contribution in [-0.2, 0) is 11.2 Å². The van der Waals surface area contributed by atoms with Crippen LogP contribution in [0, 0.1) is 5.82 Å². The molecule has 5 heteroatoms. The Balaban J connectivity index is 2.71. The van der Waals surface area contributed by atoms with E-state index in [-0.39, 0.29) is 12.3 Å². The molecule has 0 saturated carbocycles. The van der Waals surface area contributed by atoms with Gasteiger partial charge in [-0.3, -0.25) is 10.2 Å². The largest absolute Gasteiger partial charge is 0.289 e. The smallest absolute Gasteiger partial charge is 0.238 e. The van der Waals surface area contributed by atoms with Gasteiger partial charge in [-0.05, 0) is 23.8 Å². The van der Waals surface area contributed by atoms with Gasteiger partial charge >= 0.3 is 0 Å². The number of halogens is 2. The van der Waals surface area contributed by atoms with Gasteiger partial charge in [0.05, 0.1) is 6.42 Å². The average Bonchev–Trinajstić information content (AvgIpc) is 2.10. The standard InChI is InChI=1S/C10H12ClFN2O/c1-14(2)13-10(15)6-7-5-8(11)3-4-9(7)12/h3-5H,6H2,1-2H3,(H,13,15). The van der Waals surface area contributed by atoms with E-state index in [4.69, 9.17) is 11.6 Å². The summed E-state index contributed by atoms with van der Waals surface area (Å²) in [6, 6.07) is 4.15. The van der Waals surface area contributed by atoms with Gasteiger partial charge in [-0.1, -0.05) is 11.6 Å². The Morgan fingerprint density at radius 3 is 2.80 bits per heavy atom. The Morgan fingerprint density at radius 2 is 2.20 bits per heavy atom. The molecular formula is C10H12ClFN2O. The number of benzene rings is 1. The maximum absolute atomic E-state index is 13.2. The highest BCUT2D eigenvalue weighted by Crippen LogP contribution is 2.15. The molecule has 15 heavy (non-hydrogen) atoms. The molecule has 3 nitrogen and oxygen atoms in total. The number of hydrazine groups is 1. The van der Waals surface area contributed by atoms with E-state index in [1.165, 1.54) is 23.2 Å². The lowest BCUT2D eigenvalue weighted by Gasteiger charge is -2.11. The van der Waals surface area contributed by atoms with Crippen molar-refractivity contribution in [2.75, 3.05) is 14.1 Å². The van der Waals surface area contributed by atoms with E-state index in [1.54, 1.807) is 14.1 Å². The average molecular weight is 231 g/mol. The first-order valence-corrected chi connectivity index (χ1v) is 4.77. The van der Waals surface area contributed by atoms with Crippen molar-refractivity contribution in [2.45, 2.75) is 6.42 Å². The second-order valence-corrected chi connectivity index (χ2v) is 3.78. The molecule has 0 atom stereocenters. The summed E-state index contributed by atoms with van der Waals surface area (Å²) in [6.07, 6.45) is -0.0232. The highest BCUT2D eigenvalue weighted by atomic mass is 35.5. The van der Waals surface area contributed by atoms with E-state index < -0.39 is 5.82 Å². The minimum absolute atomic E-state index is 0.0232. The third-order valence-corrected chi connectivity index (χ3v) is 1.94. The molecule has 0 unspecified atom stereocenters. The Kier molecular flexibility index (Phi) is 4.05. The molecule has 82 valence electrons. The molecule has 0 aliphatic heterocycles. The normalized spacial score (nSPS) is 10.5. The van der Waals surface area contributed by atoms with E-state index in [0.717, 1.165) is 0 Å². The Bertz CT molecular complexity index is 368. The number of amides is 1. The lowest BCUT2D eigenvalue weighted by molar-refractivity contribution is -0.124. The quantitative estimate of drug-likeness (QED) is 0.801. The number of carbonyl (C=O) groups is 1. The van der Waals surface area contributed by atoms with Gasteiger partial charge in [0.2, 0.25) is 5.91 Å². The highest BCUT2D eigenvalue weighted by molar-refractivity contribution is 6.30. The number of rotatable bonds is 3. The van der Waals surface area contributed by atoms with Gasteiger partial charge in [0.15, 0.2) is 0 Å². The molecule has 0 spiro atoms. The molecule has 1 aromatic carbocycles. The molecule has 0 aliphatic rings. The van der Waals surface area contributed by atoms with Crippen LogP contribution in [0.4, 0.5) is 4.39 Å². The molecule has 1 rings (SSSR count). The van der Waals surface area contributed by atoms with Crippen molar-refractivity contribution in [2.24, 2.45) is 0 Å². The van der Waals surface area contributed by atoms with Crippen molar-refractivity contribution in [1.29, 1.82) is 0 Å². The first-order chi connectivity index (χ1) is 6.99. The number of nitrogens with one attached hydrogen (secondary N) is 1. The summed E-state index contributed by atoms with van der Waals surface area (Å²) in [7, 11) is 3.37. The van der Waals surface area contributed by atoms with Crippen molar-refractivity contribution in [3.8, 4) is 0 Å². The summed E-state index contributed by atoms with van der Waals surface area (Å²) in [5.41, 5.74) is 2.82.